The zero-order valence-corrected chi connectivity index (χ0v) is 21.6. The van der Waals surface area contributed by atoms with Crippen LogP contribution in [0.4, 0.5) is 0 Å². The fourth-order valence-corrected chi connectivity index (χ4v) is 4.61. The van der Waals surface area contributed by atoms with E-state index in [1.54, 1.807) is 19.9 Å². The summed E-state index contributed by atoms with van der Waals surface area (Å²) < 4.78 is 34.8. The lowest BCUT2D eigenvalue weighted by Crippen LogP contribution is -2.15. The molecule has 0 saturated carbocycles. The summed E-state index contributed by atoms with van der Waals surface area (Å²) >= 11 is 1.54. The molecular formula is C25H32O6S2. The lowest BCUT2D eigenvalue weighted by atomic mass is 9.87. The maximum Gasteiger partial charge on any atom is 0.349 e. The van der Waals surface area contributed by atoms with Crippen molar-refractivity contribution in [3.63, 3.8) is 0 Å². The molecule has 180 valence electrons. The summed E-state index contributed by atoms with van der Waals surface area (Å²) in [5, 5.41) is 10.7. The second kappa shape index (κ2) is 11.1. The number of phenolic OH excluding ortho intramolecular Hbond substituents is 1. The number of aromatic hydroxyl groups is 1. The van der Waals surface area contributed by atoms with E-state index in [-0.39, 0.29) is 23.5 Å². The Bertz CT molecular complexity index is 1110. The van der Waals surface area contributed by atoms with E-state index in [0.29, 0.717) is 23.5 Å². The van der Waals surface area contributed by atoms with Gasteiger partial charge in [-0.25, -0.2) is 13.2 Å². The van der Waals surface area contributed by atoms with Gasteiger partial charge in [0, 0.05) is 22.5 Å². The van der Waals surface area contributed by atoms with Gasteiger partial charge in [0.2, 0.25) is 0 Å². The van der Waals surface area contributed by atoms with E-state index in [2.05, 4.69) is 32.9 Å². The predicted molar refractivity (Wildman–Crippen MR) is 133 cm³/mol. The summed E-state index contributed by atoms with van der Waals surface area (Å²) in [5.41, 5.74) is 2.27. The molecule has 2 rings (SSSR count). The largest absolute Gasteiger partial charge is 0.504 e. The smallest absolute Gasteiger partial charge is 0.349 e. The number of sulfone groups is 1. The molecule has 1 N–H and O–H groups in total. The molecule has 0 aliphatic heterocycles. The quantitative estimate of drug-likeness (QED) is 0.287. The summed E-state index contributed by atoms with van der Waals surface area (Å²) in [6.07, 6.45) is 2.21. The van der Waals surface area contributed by atoms with Crippen molar-refractivity contribution < 1.29 is 27.8 Å². The molecule has 0 amide bonds. The fourth-order valence-electron chi connectivity index (χ4n) is 3.03. The van der Waals surface area contributed by atoms with Crippen molar-refractivity contribution in [3.8, 4) is 11.5 Å². The molecule has 0 atom stereocenters. The second-order valence-electron chi connectivity index (χ2n) is 8.52. The number of phenols is 1. The van der Waals surface area contributed by atoms with Gasteiger partial charge in [0.1, 0.15) is 0 Å². The molecule has 2 aromatic carbocycles. The van der Waals surface area contributed by atoms with Crippen LogP contribution in [0.2, 0.25) is 0 Å². The first-order valence-electron chi connectivity index (χ1n) is 10.7. The van der Waals surface area contributed by atoms with Gasteiger partial charge in [-0.15, -0.1) is 11.8 Å². The Morgan fingerprint density at radius 2 is 1.73 bits per heavy atom. The van der Waals surface area contributed by atoms with Gasteiger partial charge in [-0.05, 0) is 60.7 Å². The van der Waals surface area contributed by atoms with Gasteiger partial charge in [0.05, 0.1) is 13.2 Å². The number of benzene rings is 2. The summed E-state index contributed by atoms with van der Waals surface area (Å²) in [5.74, 6) is -0.275. The predicted octanol–water partition coefficient (Wildman–Crippen LogP) is 5.33. The van der Waals surface area contributed by atoms with Crippen LogP contribution in [0.25, 0.3) is 6.08 Å². The Morgan fingerprint density at radius 3 is 2.24 bits per heavy atom. The van der Waals surface area contributed by atoms with Gasteiger partial charge in [0.25, 0.3) is 0 Å². The monoisotopic (exact) mass is 492 g/mol. The fraction of sp³-hybridized carbons (Fsp3) is 0.400. The maximum absolute atomic E-state index is 12.2. The molecule has 6 nitrogen and oxygen atoms in total. The zero-order valence-electron chi connectivity index (χ0n) is 20.0. The molecule has 0 radical (unpaired) electrons. The highest BCUT2D eigenvalue weighted by atomic mass is 32.2. The lowest BCUT2D eigenvalue weighted by Gasteiger charge is -2.19. The minimum absolute atomic E-state index is 0.00940. The molecule has 33 heavy (non-hydrogen) atoms. The minimum Gasteiger partial charge on any atom is -0.504 e. The van der Waals surface area contributed by atoms with E-state index in [9.17, 15) is 18.3 Å². The highest BCUT2D eigenvalue weighted by molar-refractivity contribution is 7.98. The molecule has 0 bridgehead atoms. The van der Waals surface area contributed by atoms with Crippen LogP contribution >= 0.6 is 11.8 Å². The van der Waals surface area contributed by atoms with Crippen LogP contribution in [0.15, 0.2) is 46.2 Å². The van der Waals surface area contributed by atoms with E-state index in [1.807, 2.05) is 12.1 Å². The third-order valence-electron chi connectivity index (χ3n) is 4.76. The molecule has 0 aromatic heterocycles. The van der Waals surface area contributed by atoms with Gasteiger partial charge in [-0.1, -0.05) is 32.9 Å². The molecule has 0 saturated heterocycles. The van der Waals surface area contributed by atoms with Crippen LogP contribution in [-0.4, -0.2) is 39.0 Å². The number of carbonyl (C=O) groups is 1. The van der Waals surface area contributed by atoms with Crippen molar-refractivity contribution in [3.05, 3.63) is 58.0 Å². The number of rotatable bonds is 9. The third-order valence-corrected chi connectivity index (χ3v) is 6.91. The van der Waals surface area contributed by atoms with E-state index in [0.717, 1.165) is 11.2 Å². The van der Waals surface area contributed by atoms with Crippen LogP contribution in [0.1, 0.15) is 51.3 Å². The van der Waals surface area contributed by atoms with Gasteiger partial charge in [-0.3, -0.25) is 0 Å². The topological polar surface area (TPSA) is 89.9 Å². The zero-order chi connectivity index (χ0) is 24.8. The van der Waals surface area contributed by atoms with Crippen molar-refractivity contribution >= 4 is 33.6 Å². The van der Waals surface area contributed by atoms with Gasteiger partial charge in [0.15, 0.2) is 26.2 Å². The Morgan fingerprint density at radius 1 is 1.09 bits per heavy atom. The van der Waals surface area contributed by atoms with E-state index in [1.165, 1.54) is 29.5 Å². The average molecular weight is 493 g/mol. The average Bonchev–Trinajstić information content (AvgIpc) is 2.72. The van der Waals surface area contributed by atoms with E-state index >= 15 is 0 Å². The summed E-state index contributed by atoms with van der Waals surface area (Å²) in [6, 6.07) is 11.4. The number of ether oxygens (including phenoxy) is 2. The molecule has 0 unspecified atom stereocenters. The Balaban J connectivity index is 2.42. The lowest BCUT2D eigenvalue weighted by molar-refractivity contribution is -0.137. The molecule has 0 aliphatic rings. The molecule has 0 spiro atoms. The molecule has 0 fully saturated rings. The summed E-state index contributed by atoms with van der Waals surface area (Å²) in [6.45, 7) is 10.2. The Hall–Kier alpha value is -2.45. The van der Waals surface area contributed by atoms with Gasteiger partial charge in [-0.2, -0.15) is 0 Å². The number of carbonyl (C=O) groups excluding carboxylic acids is 1. The van der Waals surface area contributed by atoms with Gasteiger partial charge < -0.3 is 14.6 Å². The van der Waals surface area contributed by atoms with Crippen molar-refractivity contribution in [1.29, 1.82) is 0 Å². The number of esters is 1. The summed E-state index contributed by atoms with van der Waals surface area (Å²) in [7, 11) is -3.83. The molecule has 0 heterocycles. The molecule has 2 aromatic rings. The number of hydrogen-bond donors (Lipinski definition) is 1. The molecule has 0 aliphatic carbocycles. The Kier molecular flexibility index (Phi) is 9.03. The van der Waals surface area contributed by atoms with Crippen molar-refractivity contribution in [2.24, 2.45) is 0 Å². The van der Waals surface area contributed by atoms with E-state index < -0.39 is 20.7 Å². The SMILES string of the molecule is CCOC(=O)/C(=C/c1cc(CSc2ccc(C(C)(C)C)cc2)c(O)c(OCC)c1)S(C)(=O)=O. The van der Waals surface area contributed by atoms with Crippen LogP contribution in [0.5, 0.6) is 11.5 Å². The highest BCUT2D eigenvalue weighted by Crippen LogP contribution is 2.37. The van der Waals surface area contributed by atoms with Crippen molar-refractivity contribution in [1.82, 2.24) is 0 Å². The van der Waals surface area contributed by atoms with Crippen LogP contribution in [0.3, 0.4) is 0 Å². The third kappa shape index (κ3) is 7.54. The minimum atomic E-state index is -3.83. The Labute approximate surface area is 200 Å². The van der Waals surface area contributed by atoms with Crippen LogP contribution in [0, 0.1) is 0 Å². The summed E-state index contributed by atoms with van der Waals surface area (Å²) in [4.78, 5) is 12.8. The number of thioether (sulfide) groups is 1. The maximum atomic E-state index is 12.2. The van der Waals surface area contributed by atoms with Gasteiger partial charge >= 0.3 is 5.97 Å². The molecule has 8 heteroatoms. The van der Waals surface area contributed by atoms with E-state index in [4.69, 9.17) is 9.47 Å². The van der Waals surface area contributed by atoms with Crippen LogP contribution in [-0.2, 0) is 30.5 Å². The van der Waals surface area contributed by atoms with Crippen molar-refractivity contribution in [2.75, 3.05) is 19.5 Å². The second-order valence-corrected chi connectivity index (χ2v) is 11.6. The first-order valence-corrected chi connectivity index (χ1v) is 13.6. The normalized spacial score (nSPS) is 12.5. The molecular weight excluding hydrogens is 460 g/mol. The standard InChI is InChI=1S/C25H32O6S2/c1-7-30-21-14-17(15-22(33(6,28)29)24(27)31-8-2)13-18(23(21)26)16-32-20-11-9-19(10-12-20)25(3,4)5/h9-15,26H,7-8,16H2,1-6H3/b22-15-. The highest BCUT2D eigenvalue weighted by Gasteiger charge is 2.22. The first kappa shape index (κ1) is 26.8. The number of hydrogen-bond acceptors (Lipinski definition) is 7. The first-order chi connectivity index (χ1) is 15.4. The van der Waals surface area contributed by atoms with Crippen molar-refractivity contribution in [2.45, 2.75) is 50.7 Å². The van der Waals surface area contributed by atoms with Crippen LogP contribution < -0.4 is 4.74 Å².